The average Bonchev–Trinajstić information content (AvgIpc) is 3.14. The highest BCUT2D eigenvalue weighted by Gasteiger charge is 2.22. The molecule has 0 bridgehead atoms. The molecule has 0 saturated carbocycles. The number of carbonyl (C=O) groups is 1. The molecule has 1 unspecified atom stereocenters. The number of thiazole rings is 1. The number of nitrogens with one attached hydrogen (secondary N) is 1. The Balaban J connectivity index is 1.78. The Kier molecular flexibility index (Phi) is 4.08. The second-order valence-corrected chi connectivity index (χ2v) is 7.64. The zero-order valence-electron chi connectivity index (χ0n) is 14.4. The summed E-state index contributed by atoms with van der Waals surface area (Å²) in [5.41, 5.74) is 1.88. The van der Waals surface area contributed by atoms with E-state index in [9.17, 15) is 4.79 Å². The smallest absolute Gasteiger partial charge is 0.291 e. The van der Waals surface area contributed by atoms with Crippen molar-refractivity contribution in [3.8, 4) is 0 Å². The number of aromatic nitrogens is 5. The minimum Gasteiger partial charge on any atom is -0.340 e. The van der Waals surface area contributed by atoms with Crippen LogP contribution in [0.2, 0.25) is 0 Å². The highest BCUT2D eigenvalue weighted by Crippen LogP contribution is 2.26. The van der Waals surface area contributed by atoms with E-state index in [4.69, 9.17) is 0 Å². The molecular weight excluding hydrogens is 324 g/mol. The first-order chi connectivity index (χ1) is 11.3. The largest absolute Gasteiger partial charge is 0.340 e. The molecule has 0 aliphatic carbocycles. The van der Waals surface area contributed by atoms with Crippen molar-refractivity contribution in [3.05, 3.63) is 39.9 Å². The van der Waals surface area contributed by atoms with Crippen molar-refractivity contribution in [2.45, 2.75) is 46.1 Å². The number of rotatable bonds is 3. The molecule has 8 heteroatoms. The van der Waals surface area contributed by atoms with E-state index in [2.05, 4.69) is 46.1 Å². The van der Waals surface area contributed by atoms with E-state index in [1.54, 1.807) is 22.0 Å². The number of carbonyl (C=O) groups excluding carboxylic acids is 1. The van der Waals surface area contributed by atoms with Gasteiger partial charge in [-0.3, -0.25) is 4.79 Å². The zero-order chi connectivity index (χ0) is 17.5. The average molecular weight is 344 g/mol. The van der Waals surface area contributed by atoms with Gasteiger partial charge in [0.05, 0.1) is 11.7 Å². The Bertz CT molecular complexity index is 891. The maximum atomic E-state index is 12.4. The van der Waals surface area contributed by atoms with Crippen LogP contribution in [0.1, 0.15) is 60.8 Å². The molecule has 0 spiro atoms. The van der Waals surface area contributed by atoms with Gasteiger partial charge in [0.15, 0.2) is 0 Å². The van der Waals surface area contributed by atoms with Crippen molar-refractivity contribution in [1.82, 2.24) is 29.9 Å². The molecule has 3 rings (SSSR count). The molecular formula is C16H20N6OS. The van der Waals surface area contributed by atoms with Gasteiger partial charge in [-0.05, 0) is 19.9 Å². The van der Waals surface area contributed by atoms with E-state index in [1.807, 2.05) is 25.3 Å². The topological polar surface area (TPSA) is 85.1 Å². The van der Waals surface area contributed by atoms with Crippen LogP contribution in [0.5, 0.6) is 0 Å². The number of hydrogen-bond acceptors (Lipinski definition) is 6. The third-order valence-electron chi connectivity index (χ3n) is 3.64. The second-order valence-electron chi connectivity index (χ2n) is 6.75. The van der Waals surface area contributed by atoms with Gasteiger partial charge in [0.25, 0.3) is 11.7 Å². The van der Waals surface area contributed by atoms with Gasteiger partial charge < -0.3 is 5.32 Å². The first-order valence-corrected chi connectivity index (χ1v) is 8.59. The van der Waals surface area contributed by atoms with E-state index in [1.165, 1.54) is 0 Å². The van der Waals surface area contributed by atoms with Gasteiger partial charge in [-0.2, -0.15) is 4.98 Å². The van der Waals surface area contributed by atoms with Crippen molar-refractivity contribution in [2.24, 2.45) is 0 Å². The minimum atomic E-state index is -0.333. The molecule has 126 valence electrons. The van der Waals surface area contributed by atoms with Gasteiger partial charge in [0.1, 0.15) is 5.01 Å². The van der Waals surface area contributed by atoms with E-state index in [0.717, 1.165) is 16.4 Å². The number of amides is 1. The Morgan fingerprint density at radius 3 is 2.71 bits per heavy atom. The van der Waals surface area contributed by atoms with Gasteiger partial charge in [0.2, 0.25) is 5.82 Å². The van der Waals surface area contributed by atoms with Crippen LogP contribution in [0.4, 0.5) is 0 Å². The van der Waals surface area contributed by atoms with Crippen LogP contribution < -0.4 is 5.32 Å². The fraction of sp³-hybridized carbons (Fsp3) is 0.438. The lowest BCUT2D eigenvalue weighted by Crippen LogP contribution is -2.27. The zero-order valence-corrected chi connectivity index (χ0v) is 15.2. The Hall–Kier alpha value is -2.35. The van der Waals surface area contributed by atoms with Crippen LogP contribution in [0, 0.1) is 6.92 Å². The third-order valence-corrected chi connectivity index (χ3v) is 4.67. The molecule has 7 nitrogen and oxygen atoms in total. The standard InChI is InChI=1S/C16H20N6OS/c1-9-6-7-17-15-20-12(21-22(9)15)13(23)18-10(2)14-19-11(8-24-14)16(3,4)5/h6-8,10H,1-5H3,(H,18,23). The minimum absolute atomic E-state index is 0.00910. The fourth-order valence-corrected chi connectivity index (χ4v) is 3.21. The first-order valence-electron chi connectivity index (χ1n) is 7.71. The van der Waals surface area contributed by atoms with E-state index >= 15 is 0 Å². The summed E-state index contributed by atoms with van der Waals surface area (Å²) in [4.78, 5) is 25.3. The van der Waals surface area contributed by atoms with Gasteiger partial charge in [-0.1, -0.05) is 20.8 Å². The summed E-state index contributed by atoms with van der Waals surface area (Å²) in [6.07, 6.45) is 1.65. The number of fused-ring (bicyclic) bond motifs is 1. The van der Waals surface area contributed by atoms with Crippen LogP contribution >= 0.6 is 11.3 Å². The normalized spacial score (nSPS) is 13.2. The molecule has 0 radical (unpaired) electrons. The van der Waals surface area contributed by atoms with E-state index in [0.29, 0.717) is 5.78 Å². The molecule has 0 aliphatic heterocycles. The lowest BCUT2D eigenvalue weighted by Gasteiger charge is -2.15. The molecule has 3 aromatic rings. The van der Waals surface area contributed by atoms with Crippen molar-refractivity contribution < 1.29 is 4.79 Å². The maximum Gasteiger partial charge on any atom is 0.291 e. The number of aryl methyl sites for hydroxylation is 1. The molecule has 0 saturated heterocycles. The number of nitrogens with zero attached hydrogens (tertiary/aromatic N) is 5. The summed E-state index contributed by atoms with van der Waals surface area (Å²) < 4.78 is 1.56. The summed E-state index contributed by atoms with van der Waals surface area (Å²) in [5.74, 6) is 0.188. The second kappa shape index (κ2) is 5.94. The third kappa shape index (κ3) is 3.14. The monoisotopic (exact) mass is 344 g/mol. The predicted molar refractivity (Wildman–Crippen MR) is 92.2 cm³/mol. The summed E-state index contributed by atoms with van der Waals surface area (Å²) in [6, 6.07) is 1.61. The lowest BCUT2D eigenvalue weighted by atomic mass is 9.93. The van der Waals surface area contributed by atoms with Gasteiger partial charge in [-0.15, -0.1) is 16.4 Å². The molecule has 1 amide bonds. The summed E-state index contributed by atoms with van der Waals surface area (Å²) >= 11 is 1.54. The van der Waals surface area contributed by atoms with Crippen LogP contribution in [-0.4, -0.2) is 30.5 Å². The van der Waals surface area contributed by atoms with Gasteiger partial charge >= 0.3 is 0 Å². The number of hydrogen-bond donors (Lipinski definition) is 1. The van der Waals surface area contributed by atoms with Crippen molar-refractivity contribution in [2.75, 3.05) is 0 Å². The maximum absolute atomic E-state index is 12.4. The van der Waals surface area contributed by atoms with E-state index in [-0.39, 0.29) is 23.2 Å². The predicted octanol–water partition coefficient (Wildman–Crippen LogP) is 2.68. The van der Waals surface area contributed by atoms with Crippen LogP contribution in [-0.2, 0) is 5.41 Å². The Morgan fingerprint density at radius 2 is 2.08 bits per heavy atom. The van der Waals surface area contributed by atoms with Gasteiger partial charge in [0, 0.05) is 22.7 Å². The Labute approximate surface area is 144 Å². The van der Waals surface area contributed by atoms with Crippen molar-refractivity contribution >= 4 is 23.0 Å². The molecule has 1 N–H and O–H groups in total. The molecule has 1 atom stereocenters. The van der Waals surface area contributed by atoms with Crippen molar-refractivity contribution in [1.29, 1.82) is 0 Å². The van der Waals surface area contributed by atoms with E-state index < -0.39 is 0 Å². The SMILES string of the molecule is Cc1ccnc2nc(C(=O)NC(C)c3nc(C(C)(C)C)cs3)nn12. The lowest BCUT2D eigenvalue weighted by molar-refractivity contribution is 0.0929. The van der Waals surface area contributed by atoms with Crippen LogP contribution in [0.3, 0.4) is 0 Å². The first kappa shape index (κ1) is 16.5. The molecule has 0 fully saturated rings. The van der Waals surface area contributed by atoms with Crippen molar-refractivity contribution in [3.63, 3.8) is 0 Å². The molecule has 3 heterocycles. The van der Waals surface area contributed by atoms with Crippen LogP contribution in [0.15, 0.2) is 17.6 Å². The highest BCUT2D eigenvalue weighted by molar-refractivity contribution is 7.09. The molecule has 24 heavy (non-hydrogen) atoms. The Morgan fingerprint density at radius 1 is 1.33 bits per heavy atom. The highest BCUT2D eigenvalue weighted by atomic mass is 32.1. The van der Waals surface area contributed by atoms with Gasteiger partial charge in [-0.25, -0.2) is 14.5 Å². The van der Waals surface area contributed by atoms with Crippen LogP contribution in [0.25, 0.3) is 5.78 Å². The molecule has 3 aromatic heterocycles. The molecule has 0 aliphatic rings. The summed E-state index contributed by atoms with van der Waals surface area (Å²) in [7, 11) is 0. The molecule has 0 aromatic carbocycles. The fourth-order valence-electron chi connectivity index (χ4n) is 2.16. The summed E-state index contributed by atoms with van der Waals surface area (Å²) in [5, 5.41) is 10.0. The summed E-state index contributed by atoms with van der Waals surface area (Å²) in [6.45, 7) is 10.1. The quantitative estimate of drug-likeness (QED) is 0.789.